The number of ether oxygens (including phenoxy) is 1. The average Bonchev–Trinajstić information content (AvgIpc) is 3.37. The average molecular weight is 582 g/mol. The Morgan fingerprint density at radius 2 is 1.44 bits per heavy atom. The molecule has 0 unspecified atom stereocenters. The van der Waals surface area contributed by atoms with Crippen molar-refractivity contribution in [3.8, 4) is 16.9 Å². The molecule has 3 N–H and O–H groups in total. The van der Waals surface area contributed by atoms with Crippen molar-refractivity contribution in [2.45, 2.75) is 23.4 Å². The normalized spacial score (nSPS) is 10.9. The Morgan fingerprint density at radius 3 is 2.24 bits per heavy atom. The molecule has 0 spiro atoms. The zero-order valence-electron chi connectivity index (χ0n) is 22.7. The van der Waals surface area contributed by atoms with E-state index < -0.39 is 0 Å². The van der Waals surface area contributed by atoms with Crippen LogP contribution in [-0.2, 0) is 16.1 Å². The highest BCUT2D eigenvalue weighted by molar-refractivity contribution is 8.03. The summed E-state index contributed by atoms with van der Waals surface area (Å²) in [6, 6.07) is 33.8. The standard InChI is InChI=1S/C33H31N3O3S2/c1-2-39-29-15-9-8-14-28(29)35-31(38)22-40-32-26-12-6-7-13-27(26)36-33(32)41-21-30(37)34-20-23-16-18-25(19-17-23)24-10-4-3-5-11-24/h3-19,36H,2,20-22H2,1H3,(H,34,37)(H,35,38). The molecule has 0 aliphatic rings. The lowest BCUT2D eigenvalue weighted by molar-refractivity contribution is -0.118. The van der Waals surface area contributed by atoms with Crippen molar-refractivity contribution in [1.82, 2.24) is 10.3 Å². The molecular formula is C33H31N3O3S2. The van der Waals surface area contributed by atoms with Crippen molar-refractivity contribution in [2.24, 2.45) is 0 Å². The van der Waals surface area contributed by atoms with Gasteiger partial charge in [-0.05, 0) is 41.8 Å². The fourth-order valence-corrected chi connectivity index (χ4v) is 6.36. The van der Waals surface area contributed by atoms with Crippen LogP contribution in [0.25, 0.3) is 22.0 Å². The van der Waals surface area contributed by atoms with Gasteiger partial charge in [0.1, 0.15) is 5.75 Å². The van der Waals surface area contributed by atoms with E-state index in [1.165, 1.54) is 29.1 Å². The van der Waals surface area contributed by atoms with E-state index in [0.29, 0.717) is 24.6 Å². The minimum absolute atomic E-state index is 0.0537. The van der Waals surface area contributed by atoms with Gasteiger partial charge in [0.05, 0.1) is 28.8 Å². The maximum atomic E-state index is 12.8. The predicted octanol–water partition coefficient (Wildman–Crippen LogP) is 7.37. The van der Waals surface area contributed by atoms with Gasteiger partial charge in [0.25, 0.3) is 0 Å². The maximum Gasteiger partial charge on any atom is 0.234 e. The molecule has 0 radical (unpaired) electrons. The molecule has 1 heterocycles. The molecule has 0 bridgehead atoms. The van der Waals surface area contributed by atoms with Gasteiger partial charge in [0.2, 0.25) is 11.8 Å². The highest BCUT2D eigenvalue weighted by Gasteiger charge is 2.16. The first-order valence-corrected chi connectivity index (χ1v) is 15.4. The summed E-state index contributed by atoms with van der Waals surface area (Å²) >= 11 is 2.89. The third-order valence-electron chi connectivity index (χ3n) is 6.33. The Bertz CT molecular complexity index is 1620. The lowest BCUT2D eigenvalue weighted by Gasteiger charge is -2.11. The summed E-state index contributed by atoms with van der Waals surface area (Å²) in [6.45, 7) is 2.89. The van der Waals surface area contributed by atoms with E-state index >= 15 is 0 Å². The smallest absolute Gasteiger partial charge is 0.234 e. The number of carbonyl (C=O) groups is 2. The van der Waals surface area contributed by atoms with E-state index in [1.54, 1.807) is 0 Å². The van der Waals surface area contributed by atoms with Crippen molar-refractivity contribution in [3.05, 3.63) is 109 Å². The van der Waals surface area contributed by atoms with Crippen molar-refractivity contribution >= 4 is 51.9 Å². The minimum Gasteiger partial charge on any atom is -0.492 e. The first kappa shape index (κ1) is 28.4. The SMILES string of the molecule is CCOc1ccccc1NC(=O)CSc1c(SCC(=O)NCc2ccc(-c3ccccc3)cc2)[nH]c2ccccc12. The van der Waals surface area contributed by atoms with Crippen LogP contribution in [0.5, 0.6) is 5.75 Å². The second-order valence-corrected chi connectivity index (χ2v) is 11.2. The third kappa shape index (κ3) is 7.54. The topological polar surface area (TPSA) is 83.2 Å². The summed E-state index contributed by atoms with van der Waals surface area (Å²) in [7, 11) is 0. The number of nitrogens with one attached hydrogen (secondary N) is 3. The molecule has 8 heteroatoms. The number of H-pyrrole nitrogens is 1. The van der Waals surface area contributed by atoms with Crippen LogP contribution >= 0.6 is 23.5 Å². The van der Waals surface area contributed by atoms with Gasteiger partial charge < -0.3 is 20.4 Å². The molecule has 0 saturated carbocycles. The predicted molar refractivity (Wildman–Crippen MR) is 170 cm³/mol. The Hall–Kier alpha value is -4.14. The Kier molecular flexibility index (Phi) is 9.67. The number of aromatic amines is 1. The maximum absolute atomic E-state index is 12.8. The molecule has 41 heavy (non-hydrogen) atoms. The summed E-state index contributed by atoms with van der Waals surface area (Å²) in [5.74, 6) is 0.952. The van der Waals surface area contributed by atoms with Crippen LogP contribution < -0.4 is 15.4 Å². The Labute approximate surface area is 248 Å². The number of aromatic nitrogens is 1. The molecule has 0 aliphatic heterocycles. The van der Waals surface area contributed by atoms with Crippen LogP contribution in [0.4, 0.5) is 5.69 Å². The number of hydrogen-bond donors (Lipinski definition) is 3. The molecule has 1 aromatic heterocycles. The highest BCUT2D eigenvalue weighted by atomic mass is 32.2. The zero-order valence-corrected chi connectivity index (χ0v) is 24.3. The quantitative estimate of drug-likeness (QED) is 0.134. The monoisotopic (exact) mass is 581 g/mol. The summed E-state index contributed by atoms with van der Waals surface area (Å²) in [5, 5.41) is 7.88. The van der Waals surface area contributed by atoms with E-state index in [9.17, 15) is 9.59 Å². The van der Waals surface area contributed by atoms with E-state index in [0.717, 1.165) is 32.0 Å². The fourth-order valence-electron chi connectivity index (χ4n) is 4.35. The lowest BCUT2D eigenvalue weighted by atomic mass is 10.0. The van der Waals surface area contributed by atoms with Gasteiger partial charge >= 0.3 is 0 Å². The Morgan fingerprint density at radius 1 is 0.756 bits per heavy atom. The fraction of sp³-hybridized carbons (Fsp3) is 0.152. The lowest BCUT2D eigenvalue weighted by Crippen LogP contribution is -2.24. The number of rotatable bonds is 12. The van der Waals surface area contributed by atoms with Crippen LogP contribution in [0.3, 0.4) is 0 Å². The summed E-state index contributed by atoms with van der Waals surface area (Å²) in [4.78, 5) is 29.9. The number of anilines is 1. The molecule has 5 rings (SSSR count). The van der Waals surface area contributed by atoms with Crippen LogP contribution in [0, 0.1) is 0 Å². The van der Waals surface area contributed by atoms with E-state index in [1.807, 2.05) is 85.8 Å². The van der Waals surface area contributed by atoms with Gasteiger partial charge in [-0.25, -0.2) is 0 Å². The number of hydrogen-bond acceptors (Lipinski definition) is 5. The van der Waals surface area contributed by atoms with Gasteiger partial charge in [0.15, 0.2) is 0 Å². The van der Waals surface area contributed by atoms with Crippen LogP contribution in [-0.4, -0.2) is 34.9 Å². The van der Waals surface area contributed by atoms with Crippen LogP contribution in [0.1, 0.15) is 12.5 Å². The molecule has 4 aromatic carbocycles. The number of fused-ring (bicyclic) bond motifs is 1. The number of amides is 2. The first-order chi connectivity index (χ1) is 20.1. The number of carbonyl (C=O) groups excluding carboxylic acids is 2. The van der Waals surface area contributed by atoms with Gasteiger partial charge in [-0.1, -0.05) is 96.7 Å². The minimum atomic E-state index is -0.126. The number of para-hydroxylation sites is 3. The van der Waals surface area contributed by atoms with Crippen LogP contribution in [0.15, 0.2) is 113 Å². The molecule has 0 atom stereocenters. The summed E-state index contributed by atoms with van der Waals surface area (Å²) < 4.78 is 5.62. The van der Waals surface area contributed by atoms with Crippen molar-refractivity contribution in [2.75, 3.05) is 23.4 Å². The molecule has 6 nitrogen and oxygen atoms in total. The second kappa shape index (κ2) is 14.0. The Balaban J connectivity index is 1.18. The van der Waals surface area contributed by atoms with E-state index in [-0.39, 0.29) is 23.3 Å². The molecule has 0 fully saturated rings. The van der Waals surface area contributed by atoms with Gasteiger partial charge in [-0.2, -0.15) is 0 Å². The van der Waals surface area contributed by atoms with Crippen molar-refractivity contribution < 1.29 is 14.3 Å². The number of benzene rings is 4. The van der Waals surface area contributed by atoms with E-state index in [4.69, 9.17) is 4.74 Å². The highest BCUT2D eigenvalue weighted by Crippen LogP contribution is 2.37. The van der Waals surface area contributed by atoms with Gasteiger partial charge in [-0.3, -0.25) is 9.59 Å². The first-order valence-electron chi connectivity index (χ1n) is 13.4. The van der Waals surface area contributed by atoms with Crippen LogP contribution in [0.2, 0.25) is 0 Å². The summed E-state index contributed by atoms with van der Waals surface area (Å²) in [5.41, 5.74) is 4.98. The number of thioether (sulfide) groups is 2. The molecule has 5 aromatic rings. The third-order valence-corrected chi connectivity index (χ3v) is 8.58. The molecule has 2 amide bonds. The summed E-state index contributed by atoms with van der Waals surface area (Å²) in [6.07, 6.45) is 0. The van der Waals surface area contributed by atoms with E-state index in [2.05, 4.69) is 39.9 Å². The molecular weight excluding hydrogens is 551 g/mol. The van der Waals surface area contributed by atoms with Crippen molar-refractivity contribution in [3.63, 3.8) is 0 Å². The van der Waals surface area contributed by atoms with Gasteiger partial charge in [0, 0.05) is 22.3 Å². The second-order valence-electron chi connectivity index (χ2n) is 9.22. The molecule has 0 saturated heterocycles. The molecule has 0 aliphatic carbocycles. The molecule has 208 valence electrons. The van der Waals surface area contributed by atoms with Gasteiger partial charge in [-0.15, -0.1) is 11.8 Å². The largest absolute Gasteiger partial charge is 0.492 e. The van der Waals surface area contributed by atoms with Crippen molar-refractivity contribution in [1.29, 1.82) is 0 Å². The zero-order chi connectivity index (χ0) is 28.4.